The van der Waals surface area contributed by atoms with Gasteiger partial charge in [-0.2, -0.15) is 0 Å². The van der Waals surface area contributed by atoms with E-state index >= 15 is 0 Å². The number of likely N-dealkylation sites (tertiary alicyclic amines) is 1. The van der Waals surface area contributed by atoms with Crippen molar-refractivity contribution in [3.05, 3.63) is 12.3 Å². The van der Waals surface area contributed by atoms with Crippen LogP contribution in [0.4, 0.5) is 4.79 Å². The molecule has 3 nitrogen and oxygen atoms in total. The molecule has 1 atom stereocenters. The number of piperidine rings is 1. The summed E-state index contributed by atoms with van der Waals surface area (Å²) < 4.78 is 0. The van der Waals surface area contributed by atoms with Gasteiger partial charge < -0.3 is 10.2 Å². The highest BCUT2D eigenvalue weighted by atomic mass is 16.2. The molecule has 1 aliphatic heterocycles. The predicted molar refractivity (Wildman–Crippen MR) is 57.9 cm³/mol. The molecule has 1 heterocycles. The molecule has 1 saturated heterocycles. The van der Waals surface area contributed by atoms with E-state index in [4.69, 9.17) is 0 Å². The van der Waals surface area contributed by atoms with Gasteiger partial charge in [-0.15, -0.1) is 0 Å². The van der Waals surface area contributed by atoms with Gasteiger partial charge in [0.1, 0.15) is 0 Å². The Balaban J connectivity index is 2.32. The summed E-state index contributed by atoms with van der Waals surface area (Å²) in [5, 5.41) is 2.78. The number of amides is 2. The minimum absolute atomic E-state index is 0.0428. The molecule has 0 saturated carbocycles. The summed E-state index contributed by atoms with van der Waals surface area (Å²) in [6, 6.07) is 0.0428. The highest BCUT2D eigenvalue weighted by molar-refractivity contribution is 5.75. The molecule has 14 heavy (non-hydrogen) atoms. The number of nitrogens with zero attached hydrogens (tertiary/aromatic N) is 1. The van der Waals surface area contributed by atoms with E-state index in [1.165, 1.54) is 6.42 Å². The van der Waals surface area contributed by atoms with E-state index in [-0.39, 0.29) is 6.03 Å². The van der Waals surface area contributed by atoms with Crippen molar-refractivity contribution < 1.29 is 4.79 Å². The largest absolute Gasteiger partial charge is 0.324 e. The molecule has 0 aromatic carbocycles. The van der Waals surface area contributed by atoms with Crippen molar-refractivity contribution in [2.45, 2.75) is 33.1 Å². The van der Waals surface area contributed by atoms with Gasteiger partial charge in [-0.05, 0) is 25.2 Å². The van der Waals surface area contributed by atoms with Crippen LogP contribution in [-0.2, 0) is 0 Å². The molecular formula is C11H20N2O. The van der Waals surface area contributed by atoms with Crippen LogP contribution in [0.1, 0.15) is 33.1 Å². The summed E-state index contributed by atoms with van der Waals surface area (Å²) in [4.78, 5) is 13.5. The zero-order chi connectivity index (χ0) is 10.4. The molecule has 1 rings (SSSR count). The van der Waals surface area contributed by atoms with E-state index in [1.54, 1.807) is 6.20 Å². The molecule has 1 N–H and O–H groups in total. The topological polar surface area (TPSA) is 32.3 Å². The second-order valence-electron chi connectivity index (χ2n) is 3.95. The van der Waals surface area contributed by atoms with Crippen molar-refractivity contribution in [2.75, 3.05) is 13.1 Å². The standard InChI is InChI=1S/C11H20N2O/c1-3-4-7-12-11(14)13-8-5-6-10(2)9-13/h4,7,10H,3,5-6,8-9H2,1-2H3,(H,12,14)/b7-4+. The van der Waals surface area contributed by atoms with Gasteiger partial charge in [0.25, 0.3) is 0 Å². The summed E-state index contributed by atoms with van der Waals surface area (Å²) in [5.41, 5.74) is 0. The number of hydrogen-bond donors (Lipinski definition) is 1. The zero-order valence-corrected chi connectivity index (χ0v) is 9.12. The molecule has 1 fully saturated rings. The Labute approximate surface area is 86.2 Å². The van der Waals surface area contributed by atoms with Crippen LogP contribution in [0.25, 0.3) is 0 Å². The van der Waals surface area contributed by atoms with Crippen LogP contribution in [0.5, 0.6) is 0 Å². The first kappa shape index (κ1) is 11.1. The van der Waals surface area contributed by atoms with Crippen molar-refractivity contribution in [2.24, 2.45) is 5.92 Å². The van der Waals surface area contributed by atoms with Gasteiger partial charge >= 0.3 is 6.03 Å². The third kappa shape index (κ3) is 3.40. The van der Waals surface area contributed by atoms with E-state index in [9.17, 15) is 4.79 Å². The smallest absolute Gasteiger partial charge is 0.321 e. The number of nitrogens with one attached hydrogen (secondary N) is 1. The fraction of sp³-hybridized carbons (Fsp3) is 0.727. The lowest BCUT2D eigenvalue weighted by atomic mass is 10.0. The quantitative estimate of drug-likeness (QED) is 0.722. The van der Waals surface area contributed by atoms with Gasteiger partial charge in [0.05, 0.1) is 0 Å². The second-order valence-corrected chi connectivity index (χ2v) is 3.95. The van der Waals surface area contributed by atoms with Crippen LogP contribution in [0.15, 0.2) is 12.3 Å². The van der Waals surface area contributed by atoms with Crippen LogP contribution in [0.3, 0.4) is 0 Å². The van der Waals surface area contributed by atoms with Gasteiger partial charge in [0.15, 0.2) is 0 Å². The van der Waals surface area contributed by atoms with Gasteiger partial charge in [0.2, 0.25) is 0 Å². The van der Waals surface area contributed by atoms with Crippen LogP contribution < -0.4 is 5.32 Å². The first-order valence-electron chi connectivity index (χ1n) is 5.44. The van der Waals surface area contributed by atoms with Crippen LogP contribution in [0.2, 0.25) is 0 Å². The molecule has 0 spiro atoms. The zero-order valence-electron chi connectivity index (χ0n) is 9.12. The fourth-order valence-electron chi connectivity index (χ4n) is 1.71. The Morgan fingerprint density at radius 3 is 3.07 bits per heavy atom. The Morgan fingerprint density at radius 2 is 2.43 bits per heavy atom. The first-order valence-corrected chi connectivity index (χ1v) is 5.44. The molecule has 0 aromatic rings. The van der Waals surface area contributed by atoms with Crippen LogP contribution in [-0.4, -0.2) is 24.0 Å². The SMILES string of the molecule is CC/C=C/NC(=O)N1CCCC(C)C1. The molecular weight excluding hydrogens is 176 g/mol. The van der Waals surface area contributed by atoms with Gasteiger partial charge in [-0.3, -0.25) is 0 Å². The maximum absolute atomic E-state index is 11.6. The minimum Gasteiger partial charge on any atom is -0.324 e. The molecule has 0 aromatic heterocycles. The third-order valence-electron chi connectivity index (χ3n) is 2.50. The molecule has 0 bridgehead atoms. The number of allylic oxidation sites excluding steroid dienone is 1. The highest BCUT2D eigenvalue weighted by Crippen LogP contribution is 2.14. The van der Waals surface area contributed by atoms with Crippen molar-refractivity contribution in [1.82, 2.24) is 10.2 Å². The number of carbonyl (C=O) groups is 1. The number of hydrogen-bond acceptors (Lipinski definition) is 1. The average molecular weight is 196 g/mol. The van der Waals surface area contributed by atoms with Crippen LogP contribution >= 0.6 is 0 Å². The third-order valence-corrected chi connectivity index (χ3v) is 2.50. The number of rotatable bonds is 2. The Kier molecular flexibility index (Phi) is 4.50. The van der Waals surface area contributed by atoms with Gasteiger partial charge in [0, 0.05) is 19.3 Å². The fourth-order valence-corrected chi connectivity index (χ4v) is 1.71. The first-order chi connectivity index (χ1) is 6.74. The normalized spacial score (nSPS) is 22.7. The Bertz CT molecular complexity index is 213. The minimum atomic E-state index is 0.0428. The van der Waals surface area contributed by atoms with Crippen molar-refractivity contribution >= 4 is 6.03 Å². The van der Waals surface area contributed by atoms with Crippen molar-refractivity contribution in [1.29, 1.82) is 0 Å². The number of urea groups is 1. The predicted octanol–water partition coefficient (Wildman–Crippen LogP) is 2.35. The summed E-state index contributed by atoms with van der Waals surface area (Å²) in [6.07, 6.45) is 7.02. The molecule has 0 radical (unpaired) electrons. The van der Waals surface area contributed by atoms with Crippen LogP contribution in [0, 0.1) is 5.92 Å². The maximum Gasteiger partial charge on any atom is 0.321 e. The lowest BCUT2D eigenvalue weighted by molar-refractivity contribution is 0.173. The average Bonchev–Trinajstić information content (AvgIpc) is 2.18. The van der Waals surface area contributed by atoms with E-state index in [2.05, 4.69) is 12.2 Å². The summed E-state index contributed by atoms with van der Waals surface area (Å²) in [7, 11) is 0. The second kappa shape index (κ2) is 5.68. The summed E-state index contributed by atoms with van der Waals surface area (Å²) in [6.45, 7) is 6.04. The molecule has 3 heteroatoms. The van der Waals surface area contributed by atoms with E-state index in [0.29, 0.717) is 5.92 Å². The van der Waals surface area contributed by atoms with E-state index in [1.807, 2.05) is 17.9 Å². The molecule has 1 unspecified atom stereocenters. The monoisotopic (exact) mass is 196 g/mol. The van der Waals surface area contributed by atoms with E-state index < -0.39 is 0 Å². The lowest BCUT2D eigenvalue weighted by Gasteiger charge is -2.30. The number of carbonyl (C=O) groups excluding carboxylic acids is 1. The Morgan fingerprint density at radius 1 is 1.64 bits per heavy atom. The molecule has 1 aliphatic rings. The van der Waals surface area contributed by atoms with E-state index in [0.717, 1.165) is 25.9 Å². The summed E-state index contributed by atoms with van der Waals surface area (Å²) in [5.74, 6) is 0.643. The summed E-state index contributed by atoms with van der Waals surface area (Å²) >= 11 is 0. The molecule has 0 aliphatic carbocycles. The van der Waals surface area contributed by atoms with Crippen molar-refractivity contribution in [3.63, 3.8) is 0 Å². The van der Waals surface area contributed by atoms with Crippen molar-refractivity contribution in [3.8, 4) is 0 Å². The van der Waals surface area contributed by atoms with Gasteiger partial charge in [-0.1, -0.05) is 19.9 Å². The molecule has 80 valence electrons. The highest BCUT2D eigenvalue weighted by Gasteiger charge is 2.19. The van der Waals surface area contributed by atoms with Gasteiger partial charge in [-0.25, -0.2) is 4.79 Å². The Hall–Kier alpha value is -0.990. The molecule has 2 amide bonds. The lowest BCUT2D eigenvalue weighted by Crippen LogP contribution is -2.43. The maximum atomic E-state index is 11.6.